The molecule has 0 saturated carbocycles. The topological polar surface area (TPSA) is 79.9 Å². The van der Waals surface area contributed by atoms with Gasteiger partial charge >= 0.3 is 0 Å². The lowest BCUT2D eigenvalue weighted by Gasteiger charge is -2.05. The number of hydrogen-bond acceptors (Lipinski definition) is 4. The van der Waals surface area contributed by atoms with Gasteiger partial charge in [0, 0.05) is 30.1 Å². The van der Waals surface area contributed by atoms with Crippen molar-refractivity contribution in [2.24, 2.45) is 0 Å². The van der Waals surface area contributed by atoms with Crippen LogP contribution in [0, 0.1) is 0 Å². The molecule has 0 spiro atoms. The highest BCUT2D eigenvalue weighted by molar-refractivity contribution is 5.97. The molecule has 34 heavy (non-hydrogen) atoms. The van der Waals surface area contributed by atoms with E-state index in [1.807, 2.05) is 85.1 Å². The van der Waals surface area contributed by atoms with Gasteiger partial charge in [0.2, 0.25) is 0 Å². The molecule has 0 aliphatic rings. The molecule has 6 nitrogen and oxygen atoms in total. The molecule has 2 N–H and O–H groups in total. The predicted octanol–water partition coefficient (Wildman–Crippen LogP) is 5.78. The molecule has 5 aromatic rings. The largest absolute Gasteiger partial charge is 0.457 e. The van der Waals surface area contributed by atoms with Crippen LogP contribution in [0.2, 0.25) is 0 Å². The van der Waals surface area contributed by atoms with Gasteiger partial charge in [-0.05, 0) is 79.1 Å². The van der Waals surface area contributed by atoms with Crippen molar-refractivity contribution in [2.45, 2.75) is 12.8 Å². The van der Waals surface area contributed by atoms with Gasteiger partial charge in [-0.25, -0.2) is 4.98 Å². The van der Waals surface area contributed by atoms with Crippen LogP contribution >= 0.6 is 0 Å². The van der Waals surface area contributed by atoms with Crippen molar-refractivity contribution in [1.82, 2.24) is 20.3 Å². The third-order valence-electron chi connectivity index (χ3n) is 5.50. The van der Waals surface area contributed by atoms with Crippen molar-refractivity contribution in [3.05, 3.63) is 108 Å². The number of ether oxygens (including phenoxy) is 1. The highest BCUT2D eigenvalue weighted by Gasteiger charge is 2.10. The van der Waals surface area contributed by atoms with Crippen molar-refractivity contribution in [1.29, 1.82) is 0 Å². The molecule has 0 fully saturated rings. The number of carbonyl (C=O) groups excluding carboxylic acids is 1. The Morgan fingerprint density at radius 1 is 0.912 bits per heavy atom. The van der Waals surface area contributed by atoms with E-state index >= 15 is 0 Å². The number of amides is 1. The highest BCUT2D eigenvalue weighted by Crippen LogP contribution is 2.26. The third kappa shape index (κ3) is 5.13. The Morgan fingerprint density at radius 2 is 1.74 bits per heavy atom. The van der Waals surface area contributed by atoms with E-state index in [1.54, 1.807) is 12.3 Å². The minimum atomic E-state index is -0.0911. The molecule has 0 radical (unpaired) electrons. The summed E-state index contributed by atoms with van der Waals surface area (Å²) in [7, 11) is 0. The molecule has 0 atom stereocenters. The summed E-state index contributed by atoms with van der Waals surface area (Å²) >= 11 is 0. The fourth-order valence-electron chi connectivity index (χ4n) is 3.74. The number of aryl methyl sites for hydroxylation is 1. The summed E-state index contributed by atoms with van der Waals surface area (Å²) in [6, 6.07) is 26.9. The van der Waals surface area contributed by atoms with Crippen LogP contribution < -0.4 is 10.1 Å². The first-order chi connectivity index (χ1) is 16.7. The minimum Gasteiger partial charge on any atom is -0.457 e. The fourth-order valence-corrected chi connectivity index (χ4v) is 3.74. The van der Waals surface area contributed by atoms with Crippen LogP contribution in [0.4, 0.5) is 0 Å². The number of pyridine rings is 1. The number of nitrogens with zero attached hydrogens (tertiary/aromatic N) is 2. The average Bonchev–Trinajstić information content (AvgIpc) is 3.32. The summed E-state index contributed by atoms with van der Waals surface area (Å²) < 4.78 is 5.86. The number of para-hydroxylation sites is 1. The van der Waals surface area contributed by atoms with Crippen molar-refractivity contribution < 1.29 is 9.53 Å². The molecule has 0 bridgehead atoms. The molecule has 0 saturated heterocycles. The van der Waals surface area contributed by atoms with Gasteiger partial charge in [-0.3, -0.25) is 9.78 Å². The van der Waals surface area contributed by atoms with Crippen LogP contribution in [0.1, 0.15) is 22.3 Å². The van der Waals surface area contributed by atoms with E-state index in [0.29, 0.717) is 12.1 Å². The zero-order valence-electron chi connectivity index (χ0n) is 18.6. The number of benzene rings is 3. The van der Waals surface area contributed by atoms with E-state index in [4.69, 9.17) is 4.74 Å². The number of aromatic amines is 1. The van der Waals surface area contributed by atoms with Gasteiger partial charge in [-0.15, -0.1) is 0 Å². The Kier molecular flexibility index (Phi) is 6.29. The van der Waals surface area contributed by atoms with Crippen LogP contribution in [-0.4, -0.2) is 27.4 Å². The quantitative estimate of drug-likeness (QED) is 0.295. The molecule has 0 aliphatic heterocycles. The molecule has 3 aromatic carbocycles. The van der Waals surface area contributed by atoms with E-state index < -0.39 is 0 Å². The van der Waals surface area contributed by atoms with Gasteiger partial charge < -0.3 is 15.0 Å². The average molecular weight is 449 g/mol. The number of hydrogen-bond donors (Lipinski definition) is 2. The monoisotopic (exact) mass is 448 g/mol. The van der Waals surface area contributed by atoms with Crippen LogP contribution in [0.15, 0.2) is 97.3 Å². The molecule has 2 aromatic heterocycles. The van der Waals surface area contributed by atoms with Crippen LogP contribution in [0.25, 0.3) is 22.4 Å². The number of imidazole rings is 1. The molecule has 5 rings (SSSR count). The summed E-state index contributed by atoms with van der Waals surface area (Å²) in [5.74, 6) is 2.21. The van der Waals surface area contributed by atoms with E-state index in [-0.39, 0.29) is 5.91 Å². The smallest absolute Gasteiger partial charge is 0.251 e. The Bertz CT molecular complexity index is 1380. The number of carbonyl (C=O) groups is 1. The fraction of sp³-hybridized carbons (Fsp3) is 0.107. The Balaban J connectivity index is 1.22. The summed E-state index contributed by atoms with van der Waals surface area (Å²) in [5.41, 5.74) is 4.35. The van der Waals surface area contributed by atoms with E-state index in [9.17, 15) is 4.79 Å². The van der Waals surface area contributed by atoms with Crippen LogP contribution in [0.5, 0.6) is 11.5 Å². The Hall–Kier alpha value is -4.45. The molecule has 1 amide bonds. The van der Waals surface area contributed by atoms with Gasteiger partial charge in [0.1, 0.15) is 17.3 Å². The molecular formula is C28H24N4O2. The lowest BCUT2D eigenvalue weighted by atomic mass is 10.1. The molecule has 2 heterocycles. The van der Waals surface area contributed by atoms with Gasteiger partial charge in [-0.2, -0.15) is 0 Å². The zero-order valence-corrected chi connectivity index (χ0v) is 18.6. The predicted molar refractivity (Wildman–Crippen MR) is 133 cm³/mol. The second-order valence-corrected chi connectivity index (χ2v) is 7.98. The number of aromatic nitrogens is 3. The van der Waals surface area contributed by atoms with Crippen molar-refractivity contribution in [3.8, 4) is 22.9 Å². The molecule has 6 heteroatoms. The SMILES string of the molecule is O=C(NCCCc1cccnc1)c1ccc2nc(-c3ccc(Oc4ccccc4)cc3)[nH]c2c1. The highest BCUT2D eigenvalue weighted by atomic mass is 16.5. The number of rotatable bonds is 8. The summed E-state index contributed by atoms with van der Waals surface area (Å²) in [6.45, 7) is 0.609. The van der Waals surface area contributed by atoms with E-state index in [1.165, 1.54) is 5.56 Å². The second-order valence-electron chi connectivity index (χ2n) is 7.98. The van der Waals surface area contributed by atoms with Gasteiger partial charge in [0.15, 0.2) is 0 Å². The normalized spacial score (nSPS) is 10.8. The van der Waals surface area contributed by atoms with Crippen LogP contribution in [-0.2, 0) is 6.42 Å². The number of nitrogens with one attached hydrogen (secondary N) is 2. The van der Waals surface area contributed by atoms with Crippen molar-refractivity contribution >= 4 is 16.9 Å². The number of H-pyrrole nitrogens is 1. The lowest BCUT2D eigenvalue weighted by Crippen LogP contribution is -2.24. The van der Waals surface area contributed by atoms with Gasteiger partial charge in [-0.1, -0.05) is 24.3 Å². The maximum absolute atomic E-state index is 12.6. The summed E-state index contributed by atoms with van der Waals surface area (Å²) in [6.07, 6.45) is 5.36. The Labute approximate surface area is 197 Å². The first-order valence-electron chi connectivity index (χ1n) is 11.2. The summed E-state index contributed by atoms with van der Waals surface area (Å²) in [4.78, 5) is 24.7. The van der Waals surface area contributed by atoms with E-state index in [2.05, 4.69) is 20.3 Å². The standard InChI is InChI=1S/C28H24N4O2/c33-28(30-17-5-7-20-6-4-16-29-19-20)22-12-15-25-26(18-22)32-27(31-25)21-10-13-24(14-11-21)34-23-8-2-1-3-9-23/h1-4,6,8-16,18-19H,5,7,17H2,(H,30,33)(H,31,32). The van der Waals surface area contributed by atoms with Gasteiger partial charge in [0.25, 0.3) is 5.91 Å². The zero-order chi connectivity index (χ0) is 23.2. The molecule has 0 unspecified atom stereocenters. The van der Waals surface area contributed by atoms with Crippen molar-refractivity contribution in [2.75, 3.05) is 6.54 Å². The van der Waals surface area contributed by atoms with Crippen LogP contribution in [0.3, 0.4) is 0 Å². The second kappa shape index (κ2) is 10.0. The lowest BCUT2D eigenvalue weighted by molar-refractivity contribution is 0.0953. The molecular weight excluding hydrogens is 424 g/mol. The molecule has 0 aliphatic carbocycles. The molecule has 168 valence electrons. The third-order valence-corrected chi connectivity index (χ3v) is 5.50. The first-order valence-corrected chi connectivity index (χ1v) is 11.2. The Morgan fingerprint density at radius 3 is 2.53 bits per heavy atom. The summed E-state index contributed by atoms with van der Waals surface area (Å²) in [5, 5.41) is 2.99. The maximum Gasteiger partial charge on any atom is 0.251 e. The van der Waals surface area contributed by atoms with E-state index in [0.717, 1.165) is 46.8 Å². The van der Waals surface area contributed by atoms with Gasteiger partial charge in [0.05, 0.1) is 11.0 Å². The number of fused-ring (bicyclic) bond motifs is 1. The maximum atomic E-state index is 12.6. The van der Waals surface area contributed by atoms with Crippen molar-refractivity contribution in [3.63, 3.8) is 0 Å². The minimum absolute atomic E-state index is 0.0911. The first kappa shape index (κ1) is 21.4.